The van der Waals surface area contributed by atoms with Gasteiger partial charge in [-0.25, -0.2) is 14.0 Å². The number of aromatic nitrogens is 3. The second kappa shape index (κ2) is 16.0. The van der Waals surface area contributed by atoms with Crippen molar-refractivity contribution in [1.29, 1.82) is 0 Å². The molecular formula is C39H50ClN7O6S. The van der Waals surface area contributed by atoms with Gasteiger partial charge in [0.05, 0.1) is 37.2 Å². The number of likely N-dealkylation sites (tertiary alicyclic amines) is 1. The summed E-state index contributed by atoms with van der Waals surface area (Å²) in [6.07, 6.45) is 10.9. The summed E-state index contributed by atoms with van der Waals surface area (Å²) in [5.74, 6) is 1.04. The molecule has 0 unspecified atom stereocenters. The summed E-state index contributed by atoms with van der Waals surface area (Å²) in [6, 6.07) is 10.8. The van der Waals surface area contributed by atoms with E-state index in [2.05, 4.69) is 48.4 Å². The van der Waals surface area contributed by atoms with Gasteiger partial charge in [-0.1, -0.05) is 36.7 Å². The van der Waals surface area contributed by atoms with Crippen LogP contribution in [0.5, 0.6) is 5.75 Å². The Morgan fingerprint density at radius 2 is 1.94 bits per heavy atom. The van der Waals surface area contributed by atoms with Gasteiger partial charge in [0.2, 0.25) is 0 Å². The molecule has 4 aliphatic rings. The van der Waals surface area contributed by atoms with Gasteiger partial charge in [0.15, 0.2) is 11.4 Å². The molecular weight excluding hydrogens is 730 g/mol. The first-order chi connectivity index (χ1) is 26.0. The lowest BCUT2D eigenvalue weighted by atomic mass is 9.70. The van der Waals surface area contributed by atoms with E-state index in [0.717, 1.165) is 44.3 Å². The number of carbonyl (C=O) groups is 2. The molecule has 7 rings (SSSR count). The number of fused-ring (bicyclic) bond motifs is 3. The Balaban J connectivity index is 1.25. The van der Waals surface area contributed by atoms with Crippen molar-refractivity contribution in [2.45, 2.75) is 63.7 Å². The van der Waals surface area contributed by atoms with Gasteiger partial charge in [-0.3, -0.25) is 14.2 Å². The first-order valence-corrected chi connectivity index (χ1v) is 20.8. The lowest BCUT2D eigenvalue weighted by Crippen LogP contribution is -2.65. The van der Waals surface area contributed by atoms with Gasteiger partial charge < -0.3 is 24.0 Å². The van der Waals surface area contributed by atoms with Crippen LogP contribution in [0.15, 0.2) is 59.2 Å². The molecule has 2 aromatic carbocycles. The van der Waals surface area contributed by atoms with Gasteiger partial charge in [-0.15, -0.1) is 4.36 Å². The maximum atomic E-state index is 14.7. The number of anilines is 1. The summed E-state index contributed by atoms with van der Waals surface area (Å²) >= 11 is 6.48. The zero-order valence-electron chi connectivity index (χ0n) is 31.4. The van der Waals surface area contributed by atoms with Crippen LogP contribution in [0, 0.1) is 17.8 Å². The highest BCUT2D eigenvalue weighted by molar-refractivity contribution is 7.92. The van der Waals surface area contributed by atoms with E-state index in [9.17, 15) is 13.8 Å². The van der Waals surface area contributed by atoms with Gasteiger partial charge >= 0.3 is 6.03 Å². The highest BCUT2D eigenvalue weighted by atomic mass is 35.5. The Morgan fingerprint density at radius 3 is 2.67 bits per heavy atom. The maximum Gasteiger partial charge on any atom is 0.330 e. The van der Waals surface area contributed by atoms with Crippen molar-refractivity contribution in [3.63, 3.8) is 0 Å². The van der Waals surface area contributed by atoms with Crippen LogP contribution in [0.3, 0.4) is 0 Å². The number of aryl methyl sites for hydroxylation is 2. The summed E-state index contributed by atoms with van der Waals surface area (Å²) in [5.41, 5.74) is 2.55. The number of nitrogens with zero attached hydrogens (tertiary/aromatic N) is 6. The summed E-state index contributed by atoms with van der Waals surface area (Å²) in [5, 5.41) is 4.85. The largest absolute Gasteiger partial charge is 0.491 e. The van der Waals surface area contributed by atoms with Crippen molar-refractivity contribution in [1.82, 2.24) is 24.4 Å². The second-order valence-corrected chi connectivity index (χ2v) is 17.6. The van der Waals surface area contributed by atoms with Gasteiger partial charge in [0.25, 0.3) is 5.91 Å². The van der Waals surface area contributed by atoms with Crippen LogP contribution in [0.1, 0.15) is 66.3 Å². The van der Waals surface area contributed by atoms with Crippen molar-refractivity contribution in [2.75, 3.05) is 51.1 Å². The van der Waals surface area contributed by atoms with Crippen molar-refractivity contribution in [3.05, 3.63) is 82.4 Å². The molecule has 1 N–H and O–H groups in total. The normalized spacial score (nSPS) is 27.8. The lowest BCUT2D eigenvalue weighted by molar-refractivity contribution is -0.118. The molecule has 5 atom stereocenters. The summed E-state index contributed by atoms with van der Waals surface area (Å²) in [7, 11) is 1.48. The molecule has 1 aromatic heterocycles. The number of amides is 3. The number of hydrogen-bond donors (Lipinski definition) is 1. The first-order valence-electron chi connectivity index (χ1n) is 18.7. The van der Waals surface area contributed by atoms with Gasteiger partial charge in [-0.05, 0) is 97.7 Å². The van der Waals surface area contributed by atoms with E-state index >= 15 is 0 Å². The number of methoxy groups -OCH3 is 2. The molecule has 4 heterocycles. The highest BCUT2D eigenvalue weighted by Gasteiger charge is 2.50. The zero-order valence-corrected chi connectivity index (χ0v) is 33.0. The van der Waals surface area contributed by atoms with Crippen LogP contribution >= 0.6 is 11.6 Å². The minimum absolute atomic E-state index is 0.0232. The molecule has 2 bridgehead atoms. The Morgan fingerprint density at radius 1 is 1.11 bits per heavy atom. The zero-order chi connectivity index (χ0) is 38.0. The third kappa shape index (κ3) is 8.02. The molecule has 290 valence electrons. The molecule has 2 fully saturated rings. The number of urea groups is 1. The van der Waals surface area contributed by atoms with Crippen LogP contribution in [0.25, 0.3) is 0 Å². The first kappa shape index (κ1) is 38.3. The monoisotopic (exact) mass is 779 g/mol. The number of rotatable bonds is 4. The minimum atomic E-state index is -3.59. The molecule has 15 heteroatoms. The molecule has 3 amide bonds. The van der Waals surface area contributed by atoms with Crippen molar-refractivity contribution < 1.29 is 28.0 Å². The molecule has 0 radical (unpaired) electrons. The van der Waals surface area contributed by atoms with Crippen LogP contribution in [0.2, 0.25) is 5.02 Å². The van der Waals surface area contributed by atoms with Crippen molar-refractivity contribution in [2.24, 2.45) is 29.2 Å². The van der Waals surface area contributed by atoms with Crippen LogP contribution in [0.4, 0.5) is 10.5 Å². The van der Waals surface area contributed by atoms with E-state index in [0.29, 0.717) is 48.0 Å². The van der Waals surface area contributed by atoms with E-state index in [1.54, 1.807) is 38.1 Å². The van der Waals surface area contributed by atoms with Crippen molar-refractivity contribution >= 4 is 39.1 Å². The standard InChI is InChI=1S/C39H50ClN7O6S/c1-26-8-7-10-34(51-3)32-15-12-30(32)21-46-20-29-11-14-31(40)18-27(29)9-5-6-17-53-35-16-13-28(19-33(35)46)36(48)43-54(50,22-26)44-38(49)47-23-39(24-47,52-4)37-41-25-42-45(37)2/h7,10-11,13-14,16,18-19,25-26,30,32,34H,5-6,8-9,12,15,17,20-24H2,1-4H3,(H,43,44,48,49,50)/b10-7+/t26-,30-,32+,34-,54-/m0/s1. The molecule has 54 heavy (non-hydrogen) atoms. The molecule has 3 aromatic rings. The molecule has 1 aliphatic carbocycles. The van der Waals surface area contributed by atoms with Crippen LogP contribution in [-0.2, 0) is 45.0 Å². The number of nitrogens with one attached hydrogen (secondary N) is 1. The molecule has 0 spiro atoms. The quantitative estimate of drug-likeness (QED) is 0.320. The second-order valence-electron chi connectivity index (χ2n) is 15.1. The maximum absolute atomic E-state index is 14.7. The molecule has 3 aliphatic heterocycles. The average molecular weight is 780 g/mol. The summed E-state index contributed by atoms with van der Waals surface area (Å²) in [4.78, 5) is 35.9. The van der Waals surface area contributed by atoms with Gasteiger partial charge in [-0.2, -0.15) is 5.10 Å². The Bertz CT molecular complexity index is 2020. The number of halogens is 1. The van der Waals surface area contributed by atoms with E-state index in [1.807, 2.05) is 19.1 Å². The fourth-order valence-electron chi connectivity index (χ4n) is 8.16. The van der Waals surface area contributed by atoms with Crippen LogP contribution < -0.4 is 14.4 Å². The third-order valence-corrected chi connectivity index (χ3v) is 13.6. The topological polar surface area (TPSA) is 140 Å². The minimum Gasteiger partial charge on any atom is -0.491 e. The summed E-state index contributed by atoms with van der Waals surface area (Å²) < 4.78 is 41.5. The Hall–Kier alpha value is -3.98. The van der Waals surface area contributed by atoms with Crippen LogP contribution in [-0.4, -0.2) is 88.1 Å². The fraction of sp³-hybridized carbons (Fsp3) is 0.538. The van der Waals surface area contributed by atoms with Gasteiger partial charge in [0.1, 0.15) is 22.0 Å². The Labute approximate surface area is 322 Å². The average Bonchev–Trinajstić information content (AvgIpc) is 3.53. The van der Waals surface area contributed by atoms with E-state index in [4.69, 9.17) is 25.8 Å². The predicted molar refractivity (Wildman–Crippen MR) is 207 cm³/mol. The number of allylic oxidation sites excluding steroid dienone is 1. The highest BCUT2D eigenvalue weighted by Crippen LogP contribution is 2.42. The number of ether oxygens (including phenoxy) is 3. The van der Waals surface area contributed by atoms with E-state index in [-0.39, 0.29) is 36.4 Å². The van der Waals surface area contributed by atoms with E-state index in [1.165, 1.54) is 22.4 Å². The lowest BCUT2D eigenvalue weighted by Gasteiger charge is -2.47. The predicted octanol–water partition coefficient (Wildman–Crippen LogP) is 5.92. The smallest absolute Gasteiger partial charge is 0.330 e. The van der Waals surface area contributed by atoms with Gasteiger partial charge in [0, 0.05) is 44.9 Å². The SMILES string of the molecule is CO[C@H]1/C=C/C[C@H](C)C[S@@](=O)(NC(=O)N2CC(OC)(c3ncnn3C)C2)=NC(=O)c2ccc3c(c2)N(Cc2ccc(Cl)cc2CCCCO3)C[C@@H]2CC[C@H]21. The van der Waals surface area contributed by atoms with E-state index < -0.39 is 27.5 Å². The number of carbonyl (C=O) groups excluding carboxylic acids is 2. The number of benzene rings is 2. The molecule has 1 saturated heterocycles. The number of hydrogen-bond acceptors (Lipinski definition) is 9. The van der Waals surface area contributed by atoms with Crippen molar-refractivity contribution in [3.8, 4) is 5.75 Å². The molecule has 13 nitrogen and oxygen atoms in total. The Kier molecular flexibility index (Phi) is 11.4. The fourth-order valence-corrected chi connectivity index (χ4v) is 10.2. The third-order valence-electron chi connectivity index (χ3n) is 11.3. The summed E-state index contributed by atoms with van der Waals surface area (Å²) in [6.45, 7) is 4.11. The molecule has 1 saturated carbocycles.